The van der Waals surface area contributed by atoms with Gasteiger partial charge in [0, 0.05) is 0 Å². The lowest BCUT2D eigenvalue weighted by Crippen LogP contribution is -2.21. The number of carbonyl (C=O) groups excluding carboxylic acids is 2. The van der Waals surface area contributed by atoms with Crippen molar-refractivity contribution in [1.29, 1.82) is 0 Å². The topological polar surface area (TPSA) is 168 Å². The summed E-state index contributed by atoms with van der Waals surface area (Å²) in [7, 11) is -9.58. The number of hydrogen-bond donors (Lipinski definition) is 2. The molecule has 0 saturated carbocycles. The van der Waals surface area contributed by atoms with Crippen LogP contribution in [0.5, 0.6) is 0 Å². The van der Waals surface area contributed by atoms with Gasteiger partial charge in [-0.2, -0.15) is 21.9 Å². The minimum absolute atomic E-state index is 0.0794. The Balaban J connectivity index is 2.41. The van der Waals surface area contributed by atoms with Crippen molar-refractivity contribution in [3.05, 3.63) is 23.8 Å². The van der Waals surface area contributed by atoms with E-state index in [2.05, 4.69) is 5.10 Å². The molecule has 1 heterocycles. The molecule has 26 heavy (non-hydrogen) atoms. The van der Waals surface area contributed by atoms with Crippen LogP contribution in [0.1, 0.15) is 18.9 Å². The lowest BCUT2D eigenvalue weighted by molar-refractivity contribution is -0.135. The van der Waals surface area contributed by atoms with Gasteiger partial charge in [-0.15, -0.1) is 0 Å². The molecule has 0 atom stereocenters. The third kappa shape index (κ3) is 4.43. The van der Waals surface area contributed by atoms with Gasteiger partial charge in [-0.05, 0) is 24.6 Å². The Morgan fingerprint density at radius 2 is 1.88 bits per heavy atom. The fourth-order valence-corrected chi connectivity index (χ4v) is 3.47. The van der Waals surface area contributed by atoms with Crippen LogP contribution >= 0.6 is 0 Å². The lowest BCUT2D eigenvalue weighted by Gasteiger charge is -2.14. The molecule has 2 rings (SSSR count). The van der Waals surface area contributed by atoms with Gasteiger partial charge in [-0.25, -0.2) is 9.80 Å². The summed E-state index contributed by atoms with van der Waals surface area (Å²) in [6.07, 6.45) is -0.344. The molecule has 11 nitrogen and oxygen atoms in total. The molecule has 0 aromatic heterocycles. The number of amides is 1. The zero-order valence-electron chi connectivity index (χ0n) is 13.3. The Bertz CT molecular complexity index is 996. The Hall–Kier alpha value is -2.35. The molecule has 142 valence electrons. The number of carbonyl (C=O) groups is 2. The highest BCUT2D eigenvalue weighted by Gasteiger charge is 2.31. The molecule has 2 N–H and O–H groups in total. The van der Waals surface area contributed by atoms with Crippen molar-refractivity contribution in [1.82, 2.24) is 5.01 Å². The molecule has 1 amide bonds. The second-order valence-corrected chi connectivity index (χ2v) is 7.93. The first-order valence-electron chi connectivity index (χ1n) is 7.06. The summed E-state index contributed by atoms with van der Waals surface area (Å²) in [5.74, 6) is -1.41. The standard InChI is InChI=1S/C13H14N2O9S2/c1-2-24-13(17)10-6-12(16)15(14-10)7-8-3-4-9(25(18,19)20)5-11(8)26(21,22)23/h3-5H,2,6-7H2,1H3,(H,18,19,20)(H,21,22,23). The summed E-state index contributed by atoms with van der Waals surface area (Å²) in [5.41, 5.74) is -0.332. The molecule has 0 aliphatic carbocycles. The minimum atomic E-state index is -4.87. The molecule has 1 aromatic rings. The van der Waals surface area contributed by atoms with Crippen LogP contribution in [0.15, 0.2) is 33.1 Å². The monoisotopic (exact) mass is 406 g/mol. The number of nitrogens with zero attached hydrogens (tertiary/aromatic N) is 2. The highest BCUT2D eigenvalue weighted by atomic mass is 32.2. The van der Waals surface area contributed by atoms with E-state index in [9.17, 15) is 31.0 Å². The maximum Gasteiger partial charge on any atom is 0.355 e. The van der Waals surface area contributed by atoms with E-state index in [0.29, 0.717) is 6.07 Å². The molecule has 1 aliphatic heterocycles. The van der Waals surface area contributed by atoms with Gasteiger partial charge in [0.1, 0.15) is 4.90 Å². The second-order valence-electron chi connectivity index (χ2n) is 5.11. The number of esters is 1. The summed E-state index contributed by atoms with van der Waals surface area (Å²) < 4.78 is 68.3. The lowest BCUT2D eigenvalue weighted by atomic mass is 10.2. The second kappa shape index (κ2) is 7.11. The maximum absolute atomic E-state index is 11.9. The fraction of sp³-hybridized carbons (Fsp3) is 0.308. The number of benzene rings is 1. The molecule has 0 radical (unpaired) electrons. The molecule has 0 spiro atoms. The summed E-state index contributed by atoms with van der Waals surface area (Å²) >= 11 is 0. The van der Waals surface area contributed by atoms with Gasteiger partial charge in [-0.1, -0.05) is 6.07 Å². The molecule has 0 bridgehead atoms. The molecule has 0 fully saturated rings. The van der Waals surface area contributed by atoms with Crippen molar-refractivity contribution in [2.24, 2.45) is 5.10 Å². The predicted molar refractivity (Wildman–Crippen MR) is 85.3 cm³/mol. The molecular weight excluding hydrogens is 392 g/mol. The normalized spacial score (nSPS) is 15.1. The van der Waals surface area contributed by atoms with Gasteiger partial charge in [0.25, 0.3) is 20.2 Å². The van der Waals surface area contributed by atoms with E-state index in [1.54, 1.807) is 6.92 Å². The van der Waals surface area contributed by atoms with Crippen LogP contribution < -0.4 is 0 Å². The van der Waals surface area contributed by atoms with E-state index in [1.165, 1.54) is 0 Å². The highest BCUT2D eigenvalue weighted by Crippen LogP contribution is 2.24. The summed E-state index contributed by atoms with van der Waals surface area (Å²) in [4.78, 5) is 22.0. The van der Waals surface area contributed by atoms with Crippen LogP contribution in [0.4, 0.5) is 0 Å². The van der Waals surface area contributed by atoms with Crippen LogP contribution in [0.2, 0.25) is 0 Å². The van der Waals surface area contributed by atoms with Gasteiger partial charge < -0.3 is 4.74 Å². The van der Waals surface area contributed by atoms with Crippen molar-refractivity contribution in [2.45, 2.75) is 29.7 Å². The Morgan fingerprint density at radius 3 is 2.42 bits per heavy atom. The number of rotatable bonds is 6. The number of ether oxygens (including phenoxy) is 1. The van der Waals surface area contributed by atoms with Gasteiger partial charge in [0.2, 0.25) is 5.91 Å². The first-order chi connectivity index (χ1) is 11.9. The van der Waals surface area contributed by atoms with Crippen LogP contribution in [-0.4, -0.2) is 55.1 Å². The molecule has 1 aromatic carbocycles. The third-order valence-corrected chi connectivity index (χ3v) is 5.08. The quantitative estimate of drug-likeness (QED) is 0.481. The average molecular weight is 406 g/mol. The zero-order valence-corrected chi connectivity index (χ0v) is 14.9. The van der Waals surface area contributed by atoms with Crippen molar-refractivity contribution in [2.75, 3.05) is 6.61 Å². The van der Waals surface area contributed by atoms with Crippen molar-refractivity contribution < 1.29 is 40.3 Å². The molecular formula is C13H14N2O9S2. The number of hydrazone groups is 1. The van der Waals surface area contributed by atoms with Gasteiger partial charge in [0.15, 0.2) is 5.71 Å². The fourth-order valence-electron chi connectivity index (χ4n) is 2.15. The SMILES string of the molecule is CCOC(=O)C1=NN(Cc2ccc(S(=O)(=O)O)cc2S(=O)(=O)O)C(=O)C1. The zero-order chi connectivity index (χ0) is 19.7. The highest BCUT2D eigenvalue weighted by molar-refractivity contribution is 7.86. The maximum atomic E-state index is 11.9. The molecule has 0 saturated heterocycles. The summed E-state index contributed by atoms with van der Waals surface area (Å²) in [6, 6.07) is 2.45. The van der Waals surface area contributed by atoms with E-state index >= 15 is 0 Å². The van der Waals surface area contributed by atoms with Crippen LogP contribution in [-0.2, 0) is 41.1 Å². The average Bonchev–Trinajstić information content (AvgIpc) is 2.87. The van der Waals surface area contributed by atoms with E-state index in [4.69, 9.17) is 9.29 Å². The minimum Gasteiger partial charge on any atom is -0.461 e. The largest absolute Gasteiger partial charge is 0.461 e. The van der Waals surface area contributed by atoms with Crippen LogP contribution in [0, 0.1) is 0 Å². The van der Waals surface area contributed by atoms with E-state index < -0.39 is 48.4 Å². The first-order valence-corrected chi connectivity index (χ1v) is 9.94. The van der Waals surface area contributed by atoms with Gasteiger partial charge in [0.05, 0.1) is 24.5 Å². The first kappa shape index (κ1) is 20.0. The summed E-state index contributed by atoms with van der Waals surface area (Å²) in [5, 5.41) is 4.55. The van der Waals surface area contributed by atoms with E-state index in [1.807, 2.05) is 0 Å². The summed E-state index contributed by atoms with van der Waals surface area (Å²) in [6.45, 7) is 1.20. The van der Waals surface area contributed by atoms with Crippen LogP contribution in [0.3, 0.4) is 0 Å². The Labute approximate surface area is 148 Å². The molecule has 0 unspecified atom stereocenters. The third-order valence-electron chi connectivity index (χ3n) is 3.29. The van der Waals surface area contributed by atoms with E-state index in [-0.39, 0.29) is 24.3 Å². The molecule has 13 heteroatoms. The number of hydrogen-bond acceptors (Lipinski definition) is 8. The van der Waals surface area contributed by atoms with Crippen LogP contribution in [0.25, 0.3) is 0 Å². The molecule has 1 aliphatic rings. The Kier molecular flexibility index (Phi) is 5.46. The van der Waals surface area contributed by atoms with Gasteiger partial charge in [-0.3, -0.25) is 13.9 Å². The van der Waals surface area contributed by atoms with Crippen molar-refractivity contribution in [3.63, 3.8) is 0 Å². The van der Waals surface area contributed by atoms with Crippen molar-refractivity contribution in [3.8, 4) is 0 Å². The smallest absolute Gasteiger partial charge is 0.355 e. The van der Waals surface area contributed by atoms with Gasteiger partial charge >= 0.3 is 5.97 Å². The van der Waals surface area contributed by atoms with Crippen molar-refractivity contribution >= 4 is 37.8 Å². The van der Waals surface area contributed by atoms with E-state index in [0.717, 1.165) is 17.1 Å². The predicted octanol–water partition coefficient (Wildman–Crippen LogP) is -0.169. The Morgan fingerprint density at radius 1 is 1.23 bits per heavy atom.